The second-order valence-electron chi connectivity index (χ2n) is 4.43. The Morgan fingerprint density at radius 2 is 2.25 bits per heavy atom. The highest BCUT2D eigenvalue weighted by Crippen LogP contribution is 2.17. The van der Waals surface area contributed by atoms with Gasteiger partial charge in [-0.25, -0.2) is 4.98 Å². The molecule has 0 bridgehead atoms. The van der Waals surface area contributed by atoms with E-state index < -0.39 is 0 Å². The molecular weight excluding hydrogens is 254 g/mol. The summed E-state index contributed by atoms with van der Waals surface area (Å²) in [5.74, 6) is 0.661. The van der Waals surface area contributed by atoms with Crippen LogP contribution < -0.4 is 10.1 Å². The molecule has 0 aliphatic rings. The van der Waals surface area contributed by atoms with E-state index in [1.54, 1.807) is 12.5 Å². The summed E-state index contributed by atoms with van der Waals surface area (Å²) in [5.41, 5.74) is 2.11. The number of aromatic amines is 1. The molecule has 1 amide bonds. The molecule has 2 rings (SSSR count). The van der Waals surface area contributed by atoms with Gasteiger partial charge in [0.1, 0.15) is 5.75 Å². The first-order chi connectivity index (χ1) is 9.79. The van der Waals surface area contributed by atoms with Gasteiger partial charge in [0.15, 0.2) is 6.61 Å². The van der Waals surface area contributed by atoms with E-state index in [0.29, 0.717) is 6.54 Å². The lowest BCUT2D eigenvalue weighted by Crippen LogP contribution is -2.30. The van der Waals surface area contributed by atoms with Crippen LogP contribution in [-0.4, -0.2) is 29.0 Å². The quantitative estimate of drug-likeness (QED) is 0.807. The summed E-state index contributed by atoms with van der Waals surface area (Å²) >= 11 is 0. The number of amides is 1. The SMILES string of the molecule is CCc1ccccc1OCC(=O)NCCc1cnc[nH]1. The van der Waals surface area contributed by atoms with Gasteiger partial charge in [-0.3, -0.25) is 4.79 Å². The number of aromatic nitrogens is 2. The van der Waals surface area contributed by atoms with Gasteiger partial charge in [0.2, 0.25) is 0 Å². The largest absolute Gasteiger partial charge is 0.483 e. The lowest BCUT2D eigenvalue weighted by atomic mass is 10.1. The van der Waals surface area contributed by atoms with Crippen molar-refractivity contribution in [3.63, 3.8) is 0 Å². The number of ether oxygens (including phenoxy) is 1. The first-order valence-corrected chi connectivity index (χ1v) is 6.74. The predicted octanol–water partition coefficient (Wildman–Crippen LogP) is 1.71. The summed E-state index contributed by atoms with van der Waals surface area (Å²) in [5, 5.41) is 2.82. The van der Waals surface area contributed by atoms with E-state index in [0.717, 1.165) is 29.8 Å². The normalized spacial score (nSPS) is 10.2. The number of hydrogen-bond acceptors (Lipinski definition) is 3. The standard InChI is InChI=1S/C15H19N3O2/c1-2-12-5-3-4-6-14(12)20-10-15(19)17-8-7-13-9-16-11-18-13/h3-6,9,11H,2,7-8,10H2,1H3,(H,16,18)(H,17,19). The summed E-state index contributed by atoms with van der Waals surface area (Å²) in [6.07, 6.45) is 5.00. The van der Waals surface area contributed by atoms with Crippen molar-refractivity contribution in [2.24, 2.45) is 0 Å². The van der Waals surface area contributed by atoms with Gasteiger partial charge in [0.05, 0.1) is 6.33 Å². The van der Waals surface area contributed by atoms with Crippen LogP contribution in [0.4, 0.5) is 0 Å². The Labute approximate surface area is 118 Å². The number of carbonyl (C=O) groups is 1. The fraction of sp³-hybridized carbons (Fsp3) is 0.333. The number of carbonyl (C=O) groups excluding carboxylic acids is 1. The molecule has 0 aliphatic heterocycles. The summed E-state index contributed by atoms with van der Waals surface area (Å²) in [4.78, 5) is 18.6. The minimum Gasteiger partial charge on any atom is -0.483 e. The smallest absolute Gasteiger partial charge is 0.257 e. The van der Waals surface area contributed by atoms with Crippen LogP contribution in [0.2, 0.25) is 0 Å². The van der Waals surface area contributed by atoms with Crippen LogP contribution in [0.15, 0.2) is 36.8 Å². The Bertz CT molecular complexity index is 538. The van der Waals surface area contributed by atoms with E-state index in [4.69, 9.17) is 4.74 Å². The van der Waals surface area contributed by atoms with Crippen molar-refractivity contribution in [2.45, 2.75) is 19.8 Å². The molecule has 0 spiro atoms. The predicted molar refractivity (Wildman–Crippen MR) is 76.6 cm³/mol. The molecule has 2 aromatic rings. The first-order valence-electron chi connectivity index (χ1n) is 6.74. The van der Waals surface area contributed by atoms with Crippen LogP contribution in [0.25, 0.3) is 0 Å². The Balaban J connectivity index is 1.72. The van der Waals surface area contributed by atoms with Crippen LogP contribution in [0.5, 0.6) is 5.75 Å². The Hall–Kier alpha value is -2.30. The molecule has 5 heteroatoms. The van der Waals surface area contributed by atoms with Gasteiger partial charge >= 0.3 is 0 Å². The van der Waals surface area contributed by atoms with Gasteiger partial charge in [0.25, 0.3) is 5.91 Å². The Morgan fingerprint density at radius 3 is 3.00 bits per heavy atom. The Kier molecular flexibility index (Phi) is 5.17. The molecule has 1 aromatic carbocycles. The lowest BCUT2D eigenvalue weighted by Gasteiger charge is -2.10. The number of benzene rings is 1. The van der Waals surface area contributed by atoms with E-state index in [1.165, 1.54) is 0 Å². The van der Waals surface area contributed by atoms with Gasteiger partial charge < -0.3 is 15.0 Å². The average Bonchev–Trinajstić information content (AvgIpc) is 2.98. The summed E-state index contributed by atoms with van der Waals surface area (Å²) in [6.45, 7) is 2.67. The maximum atomic E-state index is 11.7. The summed E-state index contributed by atoms with van der Waals surface area (Å²) in [6, 6.07) is 7.77. The molecule has 20 heavy (non-hydrogen) atoms. The molecule has 1 aromatic heterocycles. The third-order valence-corrected chi connectivity index (χ3v) is 2.98. The highest BCUT2D eigenvalue weighted by Gasteiger charge is 2.05. The van der Waals surface area contributed by atoms with Crippen molar-refractivity contribution in [2.75, 3.05) is 13.2 Å². The number of nitrogens with zero attached hydrogens (tertiary/aromatic N) is 1. The summed E-state index contributed by atoms with van der Waals surface area (Å²) in [7, 11) is 0. The van der Waals surface area contributed by atoms with Crippen molar-refractivity contribution < 1.29 is 9.53 Å². The maximum Gasteiger partial charge on any atom is 0.257 e. The third kappa shape index (κ3) is 4.12. The molecule has 0 aliphatic carbocycles. The van der Waals surface area contributed by atoms with Crippen molar-refractivity contribution >= 4 is 5.91 Å². The molecule has 0 fully saturated rings. The van der Waals surface area contributed by atoms with Crippen LogP contribution in [0.3, 0.4) is 0 Å². The number of imidazole rings is 1. The zero-order valence-corrected chi connectivity index (χ0v) is 11.6. The maximum absolute atomic E-state index is 11.7. The number of H-pyrrole nitrogens is 1. The average molecular weight is 273 g/mol. The molecule has 0 unspecified atom stereocenters. The third-order valence-electron chi connectivity index (χ3n) is 2.98. The van der Waals surface area contributed by atoms with Gasteiger partial charge in [-0.2, -0.15) is 0 Å². The van der Waals surface area contributed by atoms with Crippen LogP contribution in [0, 0.1) is 0 Å². The van der Waals surface area contributed by atoms with Crippen LogP contribution in [-0.2, 0) is 17.6 Å². The number of nitrogens with one attached hydrogen (secondary N) is 2. The minimum absolute atomic E-state index is 0.0417. The lowest BCUT2D eigenvalue weighted by molar-refractivity contribution is -0.123. The number of rotatable bonds is 7. The molecule has 2 N–H and O–H groups in total. The van der Waals surface area contributed by atoms with Crippen molar-refractivity contribution in [3.05, 3.63) is 48.0 Å². The number of hydrogen-bond donors (Lipinski definition) is 2. The molecule has 0 radical (unpaired) electrons. The fourth-order valence-electron chi connectivity index (χ4n) is 1.89. The number of para-hydroxylation sites is 1. The van der Waals surface area contributed by atoms with Gasteiger partial charge in [0, 0.05) is 24.9 Å². The monoisotopic (exact) mass is 273 g/mol. The fourth-order valence-corrected chi connectivity index (χ4v) is 1.89. The van der Waals surface area contributed by atoms with Crippen LogP contribution in [0.1, 0.15) is 18.2 Å². The highest BCUT2D eigenvalue weighted by molar-refractivity contribution is 5.77. The van der Waals surface area contributed by atoms with E-state index >= 15 is 0 Å². The zero-order valence-electron chi connectivity index (χ0n) is 11.6. The Morgan fingerprint density at radius 1 is 1.40 bits per heavy atom. The second kappa shape index (κ2) is 7.33. The molecule has 5 nitrogen and oxygen atoms in total. The van der Waals surface area contributed by atoms with Gasteiger partial charge in [-0.05, 0) is 18.1 Å². The van der Waals surface area contributed by atoms with Crippen molar-refractivity contribution in [1.82, 2.24) is 15.3 Å². The molecule has 0 atom stereocenters. The second-order valence-corrected chi connectivity index (χ2v) is 4.43. The van der Waals surface area contributed by atoms with Crippen molar-refractivity contribution in [1.29, 1.82) is 0 Å². The molecule has 106 valence electrons. The van der Waals surface area contributed by atoms with Crippen LogP contribution >= 0.6 is 0 Å². The van der Waals surface area contributed by atoms with E-state index in [9.17, 15) is 4.79 Å². The molecule has 0 saturated heterocycles. The summed E-state index contributed by atoms with van der Waals surface area (Å²) < 4.78 is 5.55. The van der Waals surface area contributed by atoms with Crippen molar-refractivity contribution in [3.8, 4) is 5.75 Å². The topological polar surface area (TPSA) is 67.0 Å². The molecule has 0 saturated carbocycles. The highest BCUT2D eigenvalue weighted by atomic mass is 16.5. The van der Waals surface area contributed by atoms with E-state index in [1.807, 2.05) is 24.3 Å². The van der Waals surface area contributed by atoms with Gasteiger partial charge in [-0.15, -0.1) is 0 Å². The van der Waals surface area contributed by atoms with Gasteiger partial charge in [-0.1, -0.05) is 25.1 Å². The molecular formula is C15H19N3O2. The molecule has 1 heterocycles. The minimum atomic E-state index is -0.115. The van der Waals surface area contributed by atoms with E-state index in [-0.39, 0.29) is 12.5 Å². The number of aryl methyl sites for hydroxylation is 1. The zero-order chi connectivity index (χ0) is 14.2. The van der Waals surface area contributed by atoms with E-state index in [2.05, 4.69) is 22.2 Å². The first kappa shape index (κ1) is 14.1.